The highest BCUT2D eigenvalue weighted by atomic mass is 35.5. The van der Waals surface area contributed by atoms with Gasteiger partial charge in [0.15, 0.2) is 5.82 Å². The second-order valence-corrected chi connectivity index (χ2v) is 5.85. The van der Waals surface area contributed by atoms with Crippen molar-refractivity contribution in [1.82, 2.24) is 4.98 Å². The monoisotopic (exact) mass is 321 g/mol. The van der Waals surface area contributed by atoms with Crippen molar-refractivity contribution in [1.29, 1.82) is 0 Å². The zero-order valence-corrected chi connectivity index (χ0v) is 13.4. The molecule has 0 saturated carbocycles. The number of rotatable bonds is 3. The van der Waals surface area contributed by atoms with Crippen LogP contribution in [0, 0.1) is 0 Å². The number of hydrogen-bond donors (Lipinski definition) is 1. The first-order valence-electron chi connectivity index (χ1n) is 7.16. The lowest BCUT2D eigenvalue weighted by molar-refractivity contribution is 0.760. The summed E-state index contributed by atoms with van der Waals surface area (Å²) in [5.74, 6) is 1.45. The van der Waals surface area contributed by atoms with Gasteiger partial charge in [-0.15, -0.1) is 0 Å². The van der Waals surface area contributed by atoms with Crippen molar-refractivity contribution in [3.63, 3.8) is 0 Å². The number of aryl methyl sites for hydroxylation is 1. The van der Waals surface area contributed by atoms with E-state index in [4.69, 9.17) is 23.2 Å². The molecule has 0 spiro atoms. The molecule has 2 heterocycles. The van der Waals surface area contributed by atoms with Crippen LogP contribution in [0.25, 0.3) is 0 Å². The van der Waals surface area contributed by atoms with Gasteiger partial charge in [0.1, 0.15) is 5.82 Å². The summed E-state index contributed by atoms with van der Waals surface area (Å²) < 4.78 is 0. The van der Waals surface area contributed by atoms with E-state index >= 15 is 0 Å². The summed E-state index contributed by atoms with van der Waals surface area (Å²) in [7, 11) is 0. The van der Waals surface area contributed by atoms with Crippen LogP contribution in [0.1, 0.15) is 18.9 Å². The number of halogens is 2. The summed E-state index contributed by atoms with van der Waals surface area (Å²) in [6.07, 6.45) is 2.19. The SMILES string of the molecule is CCNc1nc(N2CCCc3ccccc32)c(Cl)cc1Cl. The molecule has 0 saturated heterocycles. The maximum Gasteiger partial charge on any atom is 0.154 e. The highest BCUT2D eigenvalue weighted by Gasteiger charge is 2.22. The van der Waals surface area contributed by atoms with Crippen molar-refractivity contribution in [3.05, 3.63) is 45.9 Å². The van der Waals surface area contributed by atoms with Gasteiger partial charge in [0.05, 0.1) is 10.0 Å². The second-order valence-electron chi connectivity index (χ2n) is 5.04. The molecular formula is C16H17Cl2N3. The van der Waals surface area contributed by atoms with Gasteiger partial charge in [0, 0.05) is 18.8 Å². The average molecular weight is 322 g/mol. The summed E-state index contributed by atoms with van der Waals surface area (Å²) in [4.78, 5) is 6.81. The molecule has 0 unspecified atom stereocenters. The molecule has 0 fully saturated rings. The first-order valence-corrected chi connectivity index (χ1v) is 7.91. The molecular weight excluding hydrogens is 305 g/mol. The van der Waals surface area contributed by atoms with Crippen LogP contribution in [0.2, 0.25) is 10.0 Å². The summed E-state index contributed by atoms with van der Waals surface area (Å²) in [5.41, 5.74) is 2.52. The number of pyridine rings is 1. The Morgan fingerprint density at radius 3 is 2.86 bits per heavy atom. The number of nitrogens with one attached hydrogen (secondary N) is 1. The zero-order chi connectivity index (χ0) is 14.8. The highest BCUT2D eigenvalue weighted by molar-refractivity contribution is 6.37. The number of hydrogen-bond acceptors (Lipinski definition) is 3. The summed E-state index contributed by atoms with van der Waals surface area (Å²) in [6.45, 7) is 3.70. The molecule has 0 aliphatic carbocycles. The Hall–Kier alpha value is -1.45. The summed E-state index contributed by atoms with van der Waals surface area (Å²) >= 11 is 12.6. The average Bonchev–Trinajstić information content (AvgIpc) is 2.50. The molecule has 3 rings (SSSR count). The van der Waals surface area contributed by atoms with Gasteiger partial charge in [0.2, 0.25) is 0 Å². The molecule has 0 amide bonds. The molecule has 5 heteroatoms. The quantitative estimate of drug-likeness (QED) is 0.871. The fourth-order valence-electron chi connectivity index (χ4n) is 2.69. The Morgan fingerprint density at radius 2 is 2.05 bits per heavy atom. The molecule has 110 valence electrons. The molecule has 1 aromatic carbocycles. The van der Waals surface area contributed by atoms with Crippen molar-refractivity contribution < 1.29 is 0 Å². The molecule has 1 aliphatic heterocycles. The molecule has 2 aromatic rings. The maximum atomic E-state index is 6.39. The number of anilines is 3. The van der Waals surface area contributed by atoms with E-state index in [0.29, 0.717) is 15.9 Å². The third kappa shape index (κ3) is 2.81. The van der Waals surface area contributed by atoms with Crippen LogP contribution in [0.4, 0.5) is 17.3 Å². The number of fused-ring (bicyclic) bond motifs is 1. The third-order valence-corrected chi connectivity index (χ3v) is 4.19. The predicted molar refractivity (Wildman–Crippen MR) is 90.2 cm³/mol. The largest absolute Gasteiger partial charge is 0.369 e. The lowest BCUT2D eigenvalue weighted by Gasteiger charge is -2.31. The third-order valence-electron chi connectivity index (χ3n) is 3.62. The summed E-state index contributed by atoms with van der Waals surface area (Å²) in [6, 6.07) is 10.2. The van der Waals surface area contributed by atoms with Crippen LogP contribution >= 0.6 is 23.2 Å². The molecule has 1 N–H and O–H groups in total. The van der Waals surface area contributed by atoms with Crippen molar-refractivity contribution in [2.45, 2.75) is 19.8 Å². The van der Waals surface area contributed by atoms with E-state index in [-0.39, 0.29) is 0 Å². The van der Waals surface area contributed by atoms with Gasteiger partial charge in [-0.3, -0.25) is 0 Å². The highest BCUT2D eigenvalue weighted by Crippen LogP contribution is 2.38. The summed E-state index contributed by atoms with van der Waals surface area (Å²) in [5, 5.41) is 4.31. The lowest BCUT2D eigenvalue weighted by atomic mass is 10.0. The van der Waals surface area contributed by atoms with E-state index in [1.807, 2.05) is 13.0 Å². The van der Waals surface area contributed by atoms with Gasteiger partial charge >= 0.3 is 0 Å². The zero-order valence-electron chi connectivity index (χ0n) is 11.9. The minimum absolute atomic E-state index is 0.552. The van der Waals surface area contributed by atoms with Crippen molar-refractivity contribution in [2.75, 3.05) is 23.3 Å². The Kier molecular flexibility index (Phi) is 4.22. The Morgan fingerprint density at radius 1 is 1.24 bits per heavy atom. The van der Waals surface area contributed by atoms with Gasteiger partial charge in [0.25, 0.3) is 0 Å². The van der Waals surface area contributed by atoms with Crippen molar-refractivity contribution in [2.24, 2.45) is 0 Å². The molecule has 1 aliphatic rings. The number of aromatic nitrogens is 1. The van der Waals surface area contributed by atoms with Gasteiger partial charge in [-0.25, -0.2) is 4.98 Å². The Bertz CT molecular complexity index is 658. The normalized spacial score (nSPS) is 14.0. The molecule has 0 atom stereocenters. The fourth-order valence-corrected chi connectivity index (χ4v) is 3.22. The van der Waals surface area contributed by atoms with Gasteiger partial charge in [-0.1, -0.05) is 41.4 Å². The molecule has 21 heavy (non-hydrogen) atoms. The van der Waals surface area contributed by atoms with E-state index in [9.17, 15) is 0 Å². The van der Waals surface area contributed by atoms with Gasteiger partial charge in [-0.2, -0.15) is 0 Å². The number of nitrogens with zero attached hydrogens (tertiary/aromatic N) is 2. The lowest BCUT2D eigenvalue weighted by Crippen LogP contribution is -2.25. The first-order chi connectivity index (χ1) is 10.2. The standard InChI is InChI=1S/C16H17Cl2N3/c1-2-19-15-12(17)10-13(18)16(20-15)21-9-5-7-11-6-3-4-8-14(11)21/h3-4,6,8,10H,2,5,7,9H2,1H3,(H,19,20). The van der Waals surface area contributed by atoms with E-state index in [0.717, 1.165) is 31.7 Å². The van der Waals surface area contributed by atoms with Crippen LogP contribution in [0.3, 0.4) is 0 Å². The number of para-hydroxylation sites is 1. The molecule has 0 radical (unpaired) electrons. The van der Waals surface area contributed by atoms with Crippen LogP contribution in [0.15, 0.2) is 30.3 Å². The van der Waals surface area contributed by atoms with E-state index in [1.165, 1.54) is 11.3 Å². The Balaban J connectivity index is 2.07. The minimum Gasteiger partial charge on any atom is -0.369 e. The predicted octanol–water partition coefficient (Wildman–Crippen LogP) is 4.90. The molecule has 0 bridgehead atoms. The van der Waals surface area contributed by atoms with Crippen LogP contribution < -0.4 is 10.2 Å². The fraction of sp³-hybridized carbons (Fsp3) is 0.312. The van der Waals surface area contributed by atoms with Crippen LogP contribution in [0.5, 0.6) is 0 Å². The van der Waals surface area contributed by atoms with Crippen LogP contribution in [-0.4, -0.2) is 18.1 Å². The minimum atomic E-state index is 0.552. The second kappa shape index (κ2) is 6.12. The van der Waals surface area contributed by atoms with Gasteiger partial charge < -0.3 is 10.2 Å². The van der Waals surface area contributed by atoms with Crippen LogP contribution in [-0.2, 0) is 6.42 Å². The maximum absolute atomic E-state index is 6.39. The van der Waals surface area contributed by atoms with Crippen molar-refractivity contribution in [3.8, 4) is 0 Å². The van der Waals surface area contributed by atoms with Crippen molar-refractivity contribution >= 4 is 40.5 Å². The van der Waals surface area contributed by atoms with E-state index < -0.39 is 0 Å². The number of benzene rings is 1. The first kappa shape index (κ1) is 14.5. The van der Waals surface area contributed by atoms with E-state index in [2.05, 4.69) is 33.4 Å². The Labute approximate surface area is 134 Å². The molecule has 3 nitrogen and oxygen atoms in total. The smallest absolute Gasteiger partial charge is 0.154 e. The molecule has 1 aromatic heterocycles. The van der Waals surface area contributed by atoms with E-state index in [1.54, 1.807) is 6.07 Å². The van der Waals surface area contributed by atoms with Gasteiger partial charge in [-0.05, 0) is 37.5 Å². The topological polar surface area (TPSA) is 28.2 Å².